The van der Waals surface area contributed by atoms with E-state index in [2.05, 4.69) is 69.8 Å². The van der Waals surface area contributed by atoms with E-state index >= 15 is 0 Å². The number of aryl methyl sites for hydroxylation is 2. The molecule has 0 spiro atoms. The molecule has 1 aliphatic rings. The number of aromatic nitrogens is 2. The molecule has 0 radical (unpaired) electrons. The highest BCUT2D eigenvalue weighted by atomic mass is 16.5. The third kappa shape index (κ3) is 4.10. The van der Waals surface area contributed by atoms with Gasteiger partial charge in [0.1, 0.15) is 0 Å². The third-order valence-electron chi connectivity index (χ3n) is 5.21. The molecule has 2 aromatic carbocycles. The summed E-state index contributed by atoms with van der Waals surface area (Å²) in [6, 6.07) is 17.2. The van der Waals surface area contributed by atoms with Crippen molar-refractivity contribution in [1.82, 2.24) is 15.1 Å². The largest absolute Gasteiger partial charge is 0.379 e. The summed E-state index contributed by atoms with van der Waals surface area (Å²) in [6.07, 6.45) is 0. The van der Waals surface area contributed by atoms with Crippen molar-refractivity contribution in [3.63, 3.8) is 0 Å². The highest BCUT2D eigenvalue weighted by Crippen LogP contribution is 2.27. The molecule has 1 N–H and O–H groups in total. The van der Waals surface area contributed by atoms with Gasteiger partial charge in [-0.05, 0) is 19.4 Å². The summed E-state index contributed by atoms with van der Waals surface area (Å²) in [6.45, 7) is 8.56. The van der Waals surface area contributed by atoms with Crippen molar-refractivity contribution in [2.45, 2.75) is 19.9 Å². The number of hydrogen-bond acceptors (Lipinski definition) is 5. The number of morpholine rings is 1. The summed E-state index contributed by atoms with van der Waals surface area (Å²) in [5, 5.41) is 14.8. The van der Waals surface area contributed by atoms with Gasteiger partial charge >= 0.3 is 0 Å². The maximum absolute atomic E-state index is 5.51. The molecule has 0 aliphatic carbocycles. The van der Waals surface area contributed by atoms with Crippen molar-refractivity contribution >= 4 is 16.6 Å². The summed E-state index contributed by atoms with van der Waals surface area (Å²) in [7, 11) is 0. The Hall–Kier alpha value is -2.50. The summed E-state index contributed by atoms with van der Waals surface area (Å²) < 4.78 is 5.51. The van der Waals surface area contributed by atoms with Crippen LogP contribution < -0.4 is 5.32 Å². The molecule has 1 atom stereocenters. The van der Waals surface area contributed by atoms with Crippen molar-refractivity contribution < 1.29 is 4.74 Å². The molecule has 0 unspecified atom stereocenters. The molecular weight excluding hydrogens is 336 g/mol. The van der Waals surface area contributed by atoms with Crippen LogP contribution in [0.2, 0.25) is 0 Å². The molecule has 140 valence electrons. The second kappa shape index (κ2) is 8.03. The Kier molecular flexibility index (Phi) is 5.32. The van der Waals surface area contributed by atoms with Crippen LogP contribution in [0, 0.1) is 13.8 Å². The van der Waals surface area contributed by atoms with Crippen molar-refractivity contribution in [2.24, 2.45) is 0 Å². The Morgan fingerprint density at radius 2 is 1.67 bits per heavy atom. The molecule has 27 heavy (non-hydrogen) atoms. The molecule has 1 fully saturated rings. The van der Waals surface area contributed by atoms with Gasteiger partial charge < -0.3 is 10.1 Å². The molecule has 0 amide bonds. The molecule has 1 aliphatic heterocycles. The van der Waals surface area contributed by atoms with Crippen LogP contribution >= 0.6 is 0 Å². The number of ether oxygens (including phenoxy) is 1. The van der Waals surface area contributed by atoms with Gasteiger partial charge in [0.05, 0.1) is 24.9 Å². The van der Waals surface area contributed by atoms with Crippen LogP contribution in [-0.4, -0.2) is 47.9 Å². The second-order valence-electron chi connectivity index (χ2n) is 7.20. The number of nitrogens with one attached hydrogen (secondary N) is 1. The predicted molar refractivity (Wildman–Crippen MR) is 109 cm³/mol. The average molecular weight is 362 g/mol. The van der Waals surface area contributed by atoms with Crippen LogP contribution in [0.5, 0.6) is 0 Å². The lowest BCUT2D eigenvalue weighted by Crippen LogP contribution is -2.40. The van der Waals surface area contributed by atoms with Gasteiger partial charge in [-0.3, -0.25) is 4.90 Å². The van der Waals surface area contributed by atoms with Gasteiger partial charge in [0.25, 0.3) is 0 Å². The van der Waals surface area contributed by atoms with Crippen molar-refractivity contribution in [1.29, 1.82) is 0 Å². The summed E-state index contributed by atoms with van der Waals surface area (Å²) in [4.78, 5) is 2.45. The van der Waals surface area contributed by atoms with Crippen LogP contribution in [0.4, 0.5) is 5.82 Å². The Balaban J connectivity index is 1.66. The van der Waals surface area contributed by atoms with E-state index in [0.717, 1.165) is 55.1 Å². The van der Waals surface area contributed by atoms with Gasteiger partial charge in [-0.1, -0.05) is 54.1 Å². The molecule has 3 aromatic rings. The maximum atomic E-state index is 5.51. The lowest BCUT2D eigenvalue weighted by atomic mass is 10.0. The first-order valence-electron chi connectivity index (χ1n) is 9.56. The number of anilines is 1. The van der Waals surface area contributed by atoms with E-state index in [9.17, 15) is 0 Å². The third-order valence-corrected chi connectivity index (χ3v) is 5.21. The molecule has 1 saturated heterocycles. The number of fused-ring (bicyclic) bond motifs is 1. The smallest absolute Gasteiger partial charge is 0.157 e. The quantitative estimate of drug-likeness (QED) is 0.749. The fourth-order valence-electron chi connectivity index (χ4n) is 3.58. The van der Waals surface area contributed by atoms with Gasteiger partial charge in [-0.25, -0.2) is 0 Å². The zero-order chi connectivity index (χ0) is 18.6. The van der Waals surface area contributed by atoms with Gasteiger partial charge in [0.2, 0.25) is 0 Å². The molecular formula is C22H26N4O. The first-order chi connectivity index (χ1) is 13.2. The monoisotopic (exact) mass is 362 g/mol. The second-order valence-corrected chi connectivity index (χ2v) is 7.20. The molecule has 5 nitrogen and oxygen atoms in total. The van der Waals surface area contributed by atoms with Gasteiger partial charge in [-0.15, -0.1) is 5.10 Å². The van der Waals surface area contributed by atoms with Crippen LogP contribution in [0.1, 0.15) is 22.9 Å². The first-order valence-corrected chi connectivity index (χ1v) is 9.56. The molecule has 0 bridgehead atoms. The lowest BCUT2D eigenvalue weighted by Gasteiger charge is -2.31. The average Bonchev–Trinajstić information content (AvgIpc) is 2.71. The number of hydrogen-bond donors (Lipinski definition) is 1. The SMILES string of the molecule is Cc1ccc([C@H](CN2CCOCC2)Nc2nnc(C)c3ccccc23)cc1. The zero-order valence-corrected chi connectivity index (χ0v) is 16.0. The van der Waals surface area contributed by atoms with Crippen molar-refractivity contribution in [3.8, 4) is 0 Å². The highest BCUT2D eigenvalue weighted by molar-refractivity contribution is 5.93. The number of rotatable bonds is 5. The summed E-state index contributed by atoms with van der Waals surface area (Å²) in [5.41, 5.74) is 3.49. The van der Waals surface area contributed by atoms with Crippen LogP contribution in [0.25, 0.3) is 10.8 Å². The van der Waals surface area contributed by atoms with Gasteiger partial charge in [0.15, 0.2) is 5.82 Å². The molecule has 2 heterocycles. The standard InChI is InChI=1S/C22H26N4O/c1-16-7-9-18(10-8-16)21(15-26-11-13-27-14-12-26)23-22-20-6-4-3-5-19(20)17(2)24-25-22/h3-10,21H,11-15H2,1-2H3,(H,23,25)/t21-/m0/s1. The number of nitrogens with zero attached hydrogens (tertiary/aromatic N) is 3. The Labute approximate surface area is 160 Å². The normalized spacial score (nSPS) is 16.4. The van der Waals surface area contributed by atoms with E-state index in [0.29, 0.717) is 0 Å². The van der Waals surface area contributed by atoms with E-state index in [1.165, 1.54) is 11.1 Å². The minimum Gasteiger partial charge on any atom is -0.379 e. The van der Waals surface area contributed by atoms with E-state index in [1.807, 2.05) is 13.0 Å². The Morgan fingerprint density at radius 1 is 0.963 bits per heavy atom. The van der Waals surface area contributed by atoms with Gasteiger partial charge in [-0.2, -0.15) is 5.10 Å². The minimum absolute atomic E-state index is 0.143. The van der Waals surface area contributed by atoms with Crippen LogP contribution in [0.15, 0.2) is 48.5 Å². The topological polar surface area (TPSA) is 50.3 Å². The van der Waals surface area contributed by atoms with E-state index < -0.39 is 0 Å². The maximum Gasteiger partial charge on any atom is 0.157 e. The minimum atomic E-state index is 0.143. The van der Waals surface area contributed by atoms with Crippen molar-refractivity contribution in [3.05, 3.63) is 65.4 Å². The first kappa shape index (κ1) is 17.9. The fourth-order valence-corrected chi connectivity index (χ4v) is 3.58. The van der Waals surface area contributed by atoms with Crippen LogP contribution in [-0.2, 0) is 4.74 Å². The number of benzene rings is 2. The predicted octanol–water partition coefficient (Wildman–Crippen LogP) is 3.73. The van der Waals surface area contributed by atoms with E-state index in [4.69, 9.17) is 4.74 Å². The molecule has 1 aromatic heterocycles. The highest BCUT2D eigenvalue weighted by Gasteiger charge is 2.20. The molecule has 4 rings (SSSR count). The van der Waals surface area contributed by atoms with Crippen molar-refractivity contribution in [2.75, 3.05) is 38.2 Å². The van der Waals surface area contributed by atoms with Gasteiger partial charge in [0, 0.05) is 30.4 Å². The summed E-state index contributed by atoms with van der Waals surface area (Å²) >= 11 is 0. The van der Waals surface area contributed by atoms with E-state index in [-0.39, 0.29) is 6.04 Å². The summed E-state index contributed by atoms with van der Waals surface area (Å²) in [5.74, 6) is 0.843. The molecule has 5 heteroatoms. The Morgan fingerprint density at radius 3 is 2.41 bits per heavy atom. The molecule has 0 saturated carbocycles. The van der Waals surface area contributed by atoms with E-state index in [1.54, 1.807) is 0 Å². The fraction of sp³-hybridized carbons (Fsp3) is 0.364. The zero-order valence-electron chi connectivity index (χ0n) is 16.0. The lowest BCUT2D eigenvalue weighted by molar-refractivity contribution is 0.0361. The van der Waals surface area contributed by atoms with Crippen LogP contribution in [0.3, 0.4) is 0 Å². The Bertz CT molecular complexity index is 904.